The summed E-state index contributed by atoms with van der Waals surface area (Å²) in [5.41, 5.74) is -0.623. The van der Waals surface area contributed by atoms with Gasteiger partial charge in [-0.15, -0.1) is 0 Å². The van der Waals surface area contributed by atoms with Gasteiger partial charge in [-0.3, -0.25) is 0 Å². The molecule has 0 radical (unpaired) electrons. The van der Waals surface area contributed by atoms with Crippen LogP contribution in [-0.4, -0.2) is 58.1 Å². The first-order chi connectivity index (χ1) is 6.23. The normalized spacial score (nSPS) is 62.5. The Morgan fingerprint density at radius 2 is 2.23 bits per heavy atom. The van der Waals surface area contributed by atoms with E-state index in [1.165, 1.54) is 0 Å². The zero-order valence-electron chi connectivity index (χ0n) is 8.07. The van der Waals surface area contributed by atoms with Crippen LogP contribution in [0.15, 0.2) is 0 Å². The molecule has 4 nitrogen and oxygen atoms in total. The van der Waals surface area contributed by atoms with Gasteiger partial charge in [0.25, 0.3) is 0 Å². The molecule has 0 N–H and O–H groups in total. The topological polar surface area (TPSA) is 36.9 Å². The predicted molar refractivity (Wildman–Crippen MR) is 46.4 cm³/mol. The summed E-state index contributed by atoms with van der Waals surface area (Å²) in [5.74, 6) is 0. The highest BCUT2D eigenvalue weighted by molar-refractivity contribution is 6.12. The Kier molecular flexibility index (Phi) is 1.34. The Balaban J connectivity index is 2.00. The molecular formula is C8H13BO4. The van der Waals surface area contributed by atoms with Gasteiger partial charge < -0.3 is 18.9 Å². The molecule has 72 valence electrons. The van der Waals surface area contributed by atoms with E-state index in [0.717, 1.165) is 0 Å². The van der Waals surface area contributed by atoms with Crippen LogP contribution < -0.4 is 0 Å². The zero-order valence-corrected chi connectivity index (χ0v) is 8.07. The summed E-state index contributed by atoms with van der Waals surface area (Å²) in [6.07, 6.45) is 0.0994. The van der Waals surface area contributed by atoms with Gasteiger partial charge in [0, 0.05) is 14.2 Å². The maximum atomic E-state index is 5.84. The molecule has 13 heavy (non-hydrogen) atoms. The SMILES string of the molecule is B[C@@H]1O[C@@]23CO[C@@H]1[C@@]2(OC)C3OC. The van der Waals surface area contributed by atoms with Crippen molar-refractivity contribution in [1.82, 2.24) is 0 Å². The van der Waals surface area contributed by atoms with Gasteiger partial charge in [-0.2, -0.15) is 0 Å². The fourth-order valence-electron chi connectivity index (χ4n) is 3.21. The van der Waals surface area contributed by atoms with E-state index in [-0.39, 0.29) is 29.4 Å². The zero-order chi connectivity index (χ0) is 9.27. The van der Waals surface area contributed by atoms with Gasteiger partial charge in [-0.05, 0) is 0 Å². The Hall–Kier alpha value is -0.0951. The van der Waals surface area contributed by atoms with Gasteiger partial charge in [0.1, 0.15) is 20.1 Å². The van der Waals surface area contributed by atoms with Crippen LogP contribution in [0.3, 0.4) is 0 Å². The molecule has 0 aromatic heterocycles. The van der Waals surface area contributed by atoms with E-state index < -0.39 is 0 Å². The van der Waals surface area contributed by atoms with Crippen molar-refractivity contribution in [2.75, 3.05) is 20.8 Å². The quantitative estimate of drug-likeness (QED) is 0.491. The number of ether oxygens (including phenoxy) is 4. The second-order valence-corrected chi connectivity index (χ2v) is 4.06. The molecule has 3 fully saturated rings. The van der Waals surface area contributed by atoms with Gasteiger partial charge in [0.05, 0.1) is 12.6 Å². The van der Waals surface area contributed by atoms with Crippen molar-refractivity contribution in [3.63, 3.8) is 0 Å². The molecule has 0 amide bonds. The third kappa shape index (κ3) is 0.579. The molecule has 2 saturated heterocycles. The maximum absolute atomic E-state index is 5.84. The summed E-state index contributed by atoms with van der Waals surface area (Å²) >= 11 is 0. The lowest BCUT2D eigenvalue weighted by Crippen LogP contribution is -2.44. The second-order valence-electron chi connectivity index (χ2n) is 4.06. The number of rotatable bonds is 2. The first-order valence-electron chi connectivity index (χ1n) is 4.60. The first-order valence-corrected chi connectivity index (χ1v) is 4.60. The van der Waals surface area contributed by atoms with E-state index in [0.29, 0.717) is 6.61 Å². The minimum absolute atomic E-state index is 0.0439. The summed E-state index contributed by atoms with van der Waals surface area (Å²) < 4.78 is 22.4. The molecule has 1 saturated carbocycles. The van der Waals surface area contributed by atoms with Crippen molar-refractivity contribution in [3.05, 3.63) is 0 Å². The minimum Gasteiger partial charge on any atom is -0.375 e. The smallest absolute Gasteiger partial charge is 0.158 e. The van der Waals surface area contributed by atoms with Crippen molar-refractivity contribution in [3.8, 4) is 0 Å². The first kappa shape index (κ1) is 8.23. The third-order valence-electron chi connectivity index (χ3n) is 3.69. The molecule has 3 aliphatic rings. The lowest BCUT2D eigenvalue weighted by molar-refractivity contribution is -0.149. The molecule has 5 atom stereocenters. The molecule has 1 unspecified atom stereocenters. The predicted octanol–water partition coefficient (Wildman–Crippen LogP) is -1.47. The van der Waals surface area contributed by atoms with Crippen molar-refractivity contribution >= 4 is 7.85 Å². The molecule has 2 aliphatic heterocycles. The van der Waals surface area contributed by atoms with Gasteiger partial charge in [-0.1, -0.05) is 0 Å². The third-order valence-corrected chi connectivity index (χ3v) is 3.69. The highest BCUT2D eigenvalue weighted by Crippen LogP contribution is 2.67. The fourth-order valence-corrected chi connectivity index (χ4v) is 3.21. The van der Waals surface area contributed by atoms with Crippen LogP contribution >= 0.6 is 0 Å². The van der Waals surface area contributed by atoms with Crippen LogP contribution in [0.5, 0.6) is 0 Å². The average molecular weight is 184 g/mol. The van der Waals surface area contributed by atoms with Gasteiger partial charge >= 0.3 is 0 Å². The Bertz CT molecular complexity index is 261. The van der Waals surface area contributed by atoms with Gasteiger partial charge in [0.2, 0.25) is 0 Å². The lowest BCUT2D eigenvalue weighted by atomic mass is 9.91. The number of hydrogen-bond acceptors (Lipinski definition) is 4. The fraction of sp³-hybridized carbons (Fsp3) is 1.00. The Labute approximate surface area is 77.9 Å². The number of methoxy groups -OCH3 is 2. The van der Waals surface area contributed by atoms with Crippen LogP contribution in [0.1, 0.15) is 0 Å². The highest BCUT2D eigenvalue weighted by atomic mass is 16.7. The standard InChI is InChI=1S/C8H13BO4/c1-10-6-7-3-12-4(5(9)13-7)8(6,7)11-2/h4-6H,3,9H2,1-2H3/t4-,5+,6?,7+,8+/m0/s1. The molecular weight excluding hydrogens is 171 g/mol. The van der Waals surface area contributed by atoms with Crippen molar-refractivity contribution in [1.29, 1.82) is 0 Å². The average Bonchev–Trinajstić information content (AvgIpc) is 2.41. The maximum Gasteiger partial charge on any atom is 0.158 e. The molecule has 0 aromatic rings. The minimum atomic E-state index is -0.318. The monoisotopic (exact) mass is 184 g/mol. The largest absolute Gasteiger partial charge is 0.375 e. The summed E-state index contributed by atoms with van der Waals surface area (Å²) in [6, 6.07) is 0.125. The molecule has 0 aromatic carbocycles. The van der Waals surface area contributed by atoms with E-state index in [1.54, 1.807) is 14.2 Å². The summed E-state index contributed by atoms with van der Waals surface area (Å²) in [5, 5.41) is 0. The van der Waals surface area contributed by atoms with Crippen LogP contribution in [0.25, 0.3) is 0 Å². The summed E-state index contributed by atoms with van der Waals surface area (Å²) in [7, 11) is 5.42. The number of hydrogen-bond donors (Lipinski definition) is 0. The van der Waals surface area contributed by atoms with E-state index in [9.17, 15) is 0 Å². The van der Waals surface area contributed by atoms with Crippen LogP contribution in [-0.2, 0) is 18.9 Å². The van der Waals surface area contributed by atoms with Crippen molar-refractivity contribution in [2.45, 2.75) is 29.4 Å². The van der Waals surface area contributed by atoms with Gasteiger partial charge in [-0.25, -0.2) is 0 Å². The van der Waals surface area contributed by atoms with Gasteiger partial charge in [0.15, 0.2) is 11.2 Å². The van der Waals surface area contributed by atoms with E-state index in [1.807, 2.05) is 7.85 Å². The van der Waals surface area contributed by atoms with Crippen LogP contribution in [0, 0.1) is 0 Å². The Morgan fingerprint density at radius 3 is 2.69 bits per heavy atom. The second kappa shape index (κ2) is 2.11. The molecule has 2 bridgehead atoms. The molecule has 5 heteroatoms. The molecule has 1 aliphatic carbocycles. The van der Waals surface area contributed by atoms with Crippen LogP contribution in [0.2, 0.25) is 0 Å². The summed E-state index contributed by atoms with van der Waals surface area (Å²) in [4.78, 5) is 0. The lowest BCUT2D eigenvalue weighted by Gasteiger charge is -2.29. The molecule has 3 rings (SSSR count). The molecule has 0 spiro atoms. The van der Waals surface area contributed by atoms with E-state index >= 15 is 0 Å². The highest BCUT2D eigenvalue weighted by Gasteiger charge is 2.92. The van der Waals surface area contributed by atoms with Crippen molar-refractivity contribution in [2.24, 2.45) is 0 Å². The van der Waals surface area contributed by atoms with Crippen molar-refractivity contribution < 1.29 is 18.9 Å². The summed E-state index contributed by atoms with van der Waals surface area (Å²) in [6.45, 7) is 0.606. The van der Waals surface area contributed by atoms with Crippen LogP contribution in [0.4, 0.5) is 0 Å². The molecule has 2 heterocycles. The van der Waals surface area contributed by atoms with E-state index in [2.05, 4.69) is 0 Å². The van der Waals surface area contributed by atoms with E-state index in [4.69, 9.17) is 18.9 Å². The Morgan fingerprint density at radius 1 is 1.46 bits per heavy atom.